The minimum absolute atomic E-state index is 0.169. The fraction of sp³-hybridized carbons (Fsp3) is 0.429. The maximum atomic E-state index is 13.7. The van der Waals surface area contributed by atoms with Gasteiger partial charge in [0.1, 0.15) is 11.2 Å². The van der Waals surface area contributed by atoms with Crippen LogP contribution in [0.2, 0.25) is 5.02 Å². The normalized spacial score (nSPS) is 25.9. The zero-order valence-electron chi connectivity index (χ0n) is 10.5. The van der Waals surface area contributed by atoms with Crippen LogP contribution in [-0.4, -0.2) is 23.0 Å². The number of nitrogens with one attached hydrogen (secondary N) is 1. The zero-order valence-corrected chi connectivity index (χ0v) is 11.3. The van der Waals surface area contributed by atoms with E-state index in [1.807, 2.05) is 0 Å². The Hall–Kier alpha value is -1.62. The summed E-state index contributed by atoms with van der Waals surface area (Å²) in [7, 11) is 0. The first kappa shape index (κ1) is 13.4. The van der Waals surface area contributed by atoms with E-state index in [4.69, 9.17) is 16.7 Å². The second kappa shape index (κ2) is 4.45. The smallest absolute Gasteiger partial charge is 0.319 e. The lowest BCUT2D eigenvalue weighted by Gasteiger charge is -2.11. The van der Waals surface area contributed by atoms with Crippen molar-refractivity contribution >= 4 is 23.5 Å². The maximum Gasteiger partial charge on any atom is 0.319 e. The Morgan fingerprint density at radius 1 is 1.40 bits per heavy atom. The van der Waals surface area contributed by atoms with Crippen molar-refractivity contribution in [2.24, 2.45) is 5.41 Å². The fourth-order valence-corrected chi connectivity index (χ4v) is 2.81. The Morgan fingerprint density at radius 3 is 2.65 bits per heavy atom. The van der Waals surface area contributed by atoms with Crippen LogP contribution in [0, 0.1) is 11.2 Å². The third-order valence-corrected chi connectivity index (χ3v) is 4.40. The molecular weight excluding hydrogens is 285 g/mol. The molecule has 2 N–H and O–H groups in total. The van der Waals surface area contributed by atoms with Crippen LogP contribution in [0.5, 0.6) is 0 Å². The van der Waals surface area contributed by atoms with E-state index in [1.165, 1.54) is 12.1 Å². The molecule has 0 saturated heterocycles. The summed E-state index contributed by atoms with van der Waals surface area (Å²) in [6, 6.07) is 4.24. The van der Waals surface area contributed by atoms with E-state index in [9.17, 15) is 14.0 Å². The van der Waals surface area contributed by atoms with Crippen molar-refractivity contribution in [3.05, 3.63) is 34.6 Å². The van der Waals surface area contributed by atoms with Crippen molar-refractivity contribution < 1.29 is 19.1 Å². The third kappa shape index (κ3) is 2.06. The van der Waals surface area contributed by atoms with Gasteiger partial charge in [0.05, 0.1) is 0 Å². The van der Waals surface area contributed by atoms with Crippen LogP contribution in [0.4, 0.5) is 4.39 Å². The fourth-order valence-electron chi connectivity index (χ4n) is 2.51. The number of hydrogen-bond acceptors (Lipinski definition) is 2. The molecular formula is C14H13ClFNO3. The topological polar surface area (TPSA) is 66.4 Å². The van der Waals surface area contributed by atoms with Crippen LogP contribution < -0.4 is 5.32 Å². The predicted molar refractivity (Wildman–Crippen MR) is 70.0 cm³/mol. The molecule has 4 nitrogen and oxygen atoms in total. The second-order valence-electron chi connectivity index (χ2n) is 5.44. The molecule has 0 bridgehead atoms. The summed E-state index contributed by atoms with van der Waals surface area (Å²) in [5.74, 6) is -2.11. The van der Waals surface area contributed by atoms with Gasteiger partial charge in [-0.3, -0.25) is 9.59 Å². The van der Waals surface area contributed by atoms with Crippen molar-refractivity contribution in [1.29, 1.82) is 0 Å². The minimum Gasteiger partial charge on any atom is -0.480 e. The average Bonchev–Trinajstić information content (AvgIpc) is 3.22. The van der Waals surface area contributed by atoms with Gasteiger partial charge in [-0.25, -0.2) is 4.39 Å². The summed E-state index contributed by atoms with van der Waals surface area (Å²) in [6.45, 7) is 0. The number of carboxylic acids is 1. The lowest BCUT2D eigenvalue weighted by molar-refractivity contribution is -0.149. The predicted octanol–water partition coefficient (Wildman–Crippen LogP) is 2.32. The molecule has 6 heteroatoms. The van der Waals surface area contributed by atoms with E-state index < -0.39 is 23.1 Å². The van der Waals surface area contributed by atoms with E-state index in [0.717, 1.165) is 0 Å². The van der Waals surface area contributed by atoms with Crippen molar-refractivity contribution in [3.8, 4) is 0 Å². The van der Waals surface area contributed by atoms with E-state index >= 15 is 0 Å². The summed E-state index contributed by atoms with van der Waals surface area (Å²) < 4.78 is 13.7. The van der Waals surface area contributed by atoms with Crippen LogP contribution in [0.3, 0.4) is 0 Å². The molecule has 2 aliphatic carbocycles. The number of halogens is 2. The van der Waals surface area contributed by atoms with E-state index in [-0.39, 0.29) is 12.0 Å². The van der Waals surface area contributed by atoms with Gasteiger partial charge in [-0.2, -0.15) is 0 Å². The van der Waals surface area contributed by atoms with Gasteiger partial charge in [-0.1, -0.05) is 17.7 Å². The Labute approximate surface area is 119 Å². The standard InChI is InChI=1S/C14H13ClFNO3/c15-8-2-1-3-9(16)11(8)7-6-10(7)17-12(18)14(4-5-14)13(19)20/h1-3,7,10H,4-6H2,(H,17,18)(H,19,20). The first-order valence-electron chi connectivity index (χ1n) is 6.44. The third-order valence-electron chi connectivity index (χ3n) is 4.07. The van der Waals surface area contributed by atoms with E-state index in [2.05, 4.69) is 5.32 Å². The summed E-state index contributed by atoms with van der Waals surface area (Å²) in [5.41, 5.74) is -0.855. The largest absolute Gasteiger partial charge is 0.480 e. The van der Waals surface area contributed by atoms with Crippen molar-refractivity contribution in [3.63, 3.8) is 0 Å². The first-order chi connectivity index (χ1) is 9.45. The molecule has 0 spiro atoms. The van der Waals surface area contributed by atoms with Gasteiger partial charge in [-0.15, -0.1) is 0 Å². The number of amides is 1. The molecule has 2 aliphatic rings. The number of carbonyl (C=O) groups is 2. The number of hydrogen-bond donors (Lipinski definition) is 2. The van der Waals surface area contributed by atoms with Crippen LogP contribution >= 0.6 is 11.6 Å². The highest BCUT2D eigenvalue weighted by molar-refractivity contribution is 6.31. The van der Waals surface area contributed by atoms with Crippen molar-refractivity contribution in [2.45, 2.75) is 31.2 Å². The van der Waals surface area contributed by atoms with Gasteiger partial charge in [0.2, 0.25) is 5.91 Å². The Balaban J connectivity index is 1.69. The van der Waals surface area contributed by atoms with Crippen LogP contribution in [0.25, 0.3) is 0 Å². The minimum atomic E-state index is -1.26. The average molecular weight is 298 g/mol. The van der Waals surface area contributed by atoms with Gasteiger partial charge in [0, 0.05) is 22.5 Å². The monoisotopic (exact) mass is 297 g/mol. The number of carboxylic acid groups (broad SMARTS) is 1. The summed E-state index contributed by atoms with van der Waals surface area (Å²) in [4.78, 5) is 23.0. The highest BCUT2D eigenvalue weighted by Gasteiger charge is 2.58. The van der Waals surface area contributed by atoms with Crippen molar-refractivity contribution in [1.82, 2.24) is 5.32 Å². The van der Waals surface area contributed by atoms with Crippen molar-refractivity contribution in [2.75, 3.05) is 0 Å². The molecule has 0 aliphatic heterocycles. The number of rotatable bonds is 4. The highest BCUT2D eigenvalue weighted by Crippen LogP contribution is 2.49. The first-order valence-corrected chi connectivity index (χ1v) is 6.82. The molecule has 2 atom stereocenters. The maximum absolute atomic E-state index is 13.7. The van der Waals surface area contributed by atoms with Crippen LogP contribution in [0.1, 0.15) is 30.7 Å². The zero-order chi connectivity index (χ0) is 14.5. The molecule has 106 valence electrons. The van der Waals surface area contributed by atoms with Gasteiger partial charge in [0.25, 0.3) is 0 Å². The van der Waals surface area contributed by atoms with E-state index in [1.54, 1.807) is 6.07 Å². The molecule has 0 aromatic heterocycles. The molecule has 3 rings (SSSR count). The molecule has 2 unspecified atom stereocenters. The molecule has 1 aromatic rings. The Kier molecular flexibility index (Phi) is 2.97. The lowest BCUT2D eigenvalue weighted by Crippen LogP contribution is -2.38. The van der Waals surface area contributed by atoms with Crippen LogP contribution in [0.15, 0.2) is 18.2 Å². The van der Waals surface area contributed by atoms with Gasteiger partial charge >= 0.3 is 5.97 Å². The van der Waals surface area contributed by atoms with E-state index in [0.29, 0.717) is 29.8 Å². The second-order valence-corrected chi connectivity index (χ2v) is 5.85. The summed E-state index contributed by atoms with van der Waals surface area (Å²) in [5, 5.41) is 12.1. The molecule has 2 saturated carbocycles. The molecule has 1 amide bonds. The van der Waals surface area contributed by atoms with Gasteiger partial charge in [-0.05, 0) is 31.4 Å². The SMILES string of the molecule is O=C(O)C1(C(=O)NC2CC2c2c(F)cccc2Cl)CC1. The highest BCUT2D eigenvalue weighted by atomic mass is 35.5. The number of benzene rings is 1. The van der Waals surface area contributed by atoms with Gasteiger partial charge in [0.15, 0.2) is 0 Å². The number of carbonyl (C=O) groups excluding carboxylic acids is 1. The van der Waals surface area contributed by atoms with Crippen LogP contribution in [-0.2, 0) is 9.59 Å². The molecule has 0 heterocycles. The Morgan fingerprint density at radius 2 is 2.10 bits per heavy atom. The quantitative estimate of drug-likeness (QED) is 0.838. The molecule has 1 aromatic carbocycles. The van der Waals surface area contributed by atoms with Gasteiger partial charge < -0.3 is 10.4 Å². The molecule has 20 heavy (non-hydrogen) atoms. The molecule has 2 fully saturated rings. The summed E-state index contributed by atoms with van der Waals surface area (Å²) in [6.07, 6.45) is 1.32. The summed E-state index contributed by atoms with van der Waals surface area (Å²) >= 11 is 5.97. The number of aliphatic carboxylic acids is 1. The Bertz CT molecular complexity index is 580. The lowest BCUT2D eigenvalue weighted by atomic mass is 10.1. The molecule has 0 radical (unpaired) electrons.